The normalized spacial score (nSPS) is 16.4. The maximum Gasteiger partial charge on any atom is 0.414 e. The number of carboxylic acids is 2. The molecule has 0 unspecified atom stereocenters. The number of piperidine rings is 1. The van der Waals surface area contributed by atoms with Crippen LogP contribution in [0.3, 0.4) is 0 Å². The number of phenols is 1. The van der Waals surface area contributed by atoms with Gasteiger partial charge in [-0.05, 0) is 51.1 Å². The lowest BCUT2D eigenvalue weighted by molar-refractivity contribution is -0.159. The Kier molecular flexibility index (Phi) is 10.3. The molecule has 10 nitrogen and oxygen atoms in total. The summed E-state index contributed by atoms with van der Waals surface area (Å²) in [6, 6.07) is 12.4. The number of carbonyl (C=O) groups excluding carboxylic acids is 1. The molecule has 11 heteroatoms. The molecule has 0 radical (unpaired) electrons. The summed E-state index contributed by atoms with van der Waals surface area (Å²) < 4.78 is 19.5. The van der Waals surface area contributed by atoms with Gasteiger partial charge in [-0.2, -0.15) is 0 Å². The summed E-state index contributed by atoms with van der Waals surface area (Å²) in [6.45, 7) is 7.27. The van der Waals surface area contributed by atoms with Crippen LogP contribution in [0.25, 0.3) is 0 Å². The molecule has 2 aliphatic rings. The zero-order valence-electron chi connectivity index (χ0n) is 21.4. The third kappa shape index (κ3) is 7.58. The van der Waals surface area contributed by atoms with Crippen LogP contribution in [0, 0.1) is 11.7 Å². The van der Waals surface area contributed by atoms with Crippen LogP contribution < -0.4 is 9.64 Å². The molecule has 0 aliphatic carbocycles. The van der Waals surface area contributed by atoms with Crippen molar-refractivity contribution in [1.29, 1.82) is 0 Å². The van der Waals surface area contributed by atoms with E-state index in [0.29, 0.717) is 50.8 Å². The second-order valence-electron chi connectivity index (χ2n) is 9.12. The molecular weight excluding hydrogens is 497 g/mol. The molecular formula is C27H34FN3O7. The largest absolute Gasteiger partial charge is 0.504 e. The summed E-state index contributed by atoms with van der Waals surface area (Å²) in [4.78, 5) is 37.5. The molecule has 0 bridgehead atoms. The average Bonchev–Trinajstić information content (AvgIpc) is 2.92. The van der Waals surface area contributed by atoms with Crippen LogP contribution in [0.5, 0.6) is 11.5 Å². The number of likely N-dealkylation sites (tertiary alicyclic amines) is 1. The van der Waals surface area contributed by atoms with Crippen molar-refractivity contribution in [3.63, 3.8) is 0 Å². The maximum absolute atomic E-state index is 14.0. The Hall–Kier alpha value is -3.86. The highest BCUT2D eigenvalue weighted by atomic mass is 19.1. The van der Waals surface area contributed by atoms with Gasteiger partial charge in [0.2, 0.25) is 5.91 Å². The van der Waals surface area contributed by atoms with Crippen molar-refractivity contribution in [1.82, 2.24) is 9.80 Å². The fourth-order valence-electron chi connectivity index (χ4n) is 4.68. The molecule has 3 N–H and O–H groups in total. The third-order valence-corrected chi connectivity index (χ3v) is 6.68. The number of hydrogen-bond donors (Lipinski definition) is 3. The second-order valence-corrected chi connectivity index (χ2v) is 9.12. The highest BCUT2D eigenvalue weighted by Gasteiger charge is 2.31. The van der Waals surface area contributed by atoms with Gasteiger partial charge in [-0.15, -0.1) is 0 Å². The number of ether oxygens (including phenoxy) is 1. The van der Waals surface area contributed by atoms with E-state index in [9.17, 15) is 14.3 Å². The predicted octanol–water partition coefficient (Wildman–Crippen LogP) is 2.65. The van der Waals surface area contributed by atoms with Gasteiger partial charge in [0.1, 0.15) is 5.82 Å². The lowest BCUT2D eigenvalue weighted by Crippen LogP contribution is -2.51. The Balaban J connectivity index is 0.000000599. The molecule has 206 valence electrons. The first-order valence-corrected chi connectivity index (χ1v) is 12.6. The Bertz CT molecular complexity index is 1100. The van der Waals surface area contributed by atoms with Crippen LogP contribution in [-0.4, -0.2) is 88.8 Å². The smallest absolute Gasteiger partial charge is 0.414 e. The van der Waals surface area contributed by atoms with Crippen molar-refractivity contribution >= 4 is 23.5 Å². The summed E-state index contributed by atoms with van der Waals surface area (Å²) in [5.74, 6) is -2.87. The number of piperazine rings is 1. The Morgan fingerprint density at radius 3 is 2.13 bits per heavy atom. The number of amides is 1. The highest BCUT2D eigenvalue weighted by Crippen LogP contribution is 2.32. The first-order valence-electron chi connectivity index (χ1n) is 12.6. The molecule has 2 saturated heterocycles. The molecule has 1 amide bonds. The van der Waals surface area contributed by atoms with Gasteiger partial charge in [-0.25, -0.2) is 14.0 Å². The van der Waals surface area contributed by atoms with E-state index < -0.39 is 11.9 Å². The highest BCUT2D eigenvalue weighted by molar-refractivity contribution is 6.27. The monoisotopic (exact) mass is 531 g/mol. The third-order valence-electron chi connectivity index (χ3n) is 6.68. The van der Waals surface area contributed by atoms with Gasteiger partial charge >= 0.3 is 11.9 Å². The van der Waals surface area contributed by atoms with Gasteiger partial charge in [-0.1, -0.05) is 24.3 Å². The van der Waals surface area contributed by atoms with Gasteiger partial charge in [-0.3, -0.25) is 9.69 Å². The molecule has 0 saturated carbocycles. The number of carbonyl (C=O) groups is 3. The van der Waals surface area contributed by atoms with E-state index in [1.165, 1.54) is 6.07 Å². The van der Waals surface area contributed by atoms with Crippen LogP contribution >= 0.6 is 0 Å². The van der Waals surface area contributed by atoms with Crippen molar-refractivity contribution in [2.75, 3.05) is 50.8 Å². The lowest BCUT2D eigenvalue weighted by Gasteiger charge is -2.39. The van der Waals surface area contributed by atoms with Crippen molar-refractivity contribution < 1.29 is 38.8 Å². The molecule has 38 heavy (non-hydrogen) atoms. The Morgan fingerprint density at radius 1 is 0.921 bits per heavy atom. The summed E-state index contributed by atoms with van der Waals surface area (Å²) in [6.07, 6.45) is 1.64. The summed E-state index contributed by atoms with van der Waals surface area (Å²) >= 11 is 0. The fraction of sp³-hybridized carbons (Fsp3) is 0.444. The average molecular weight is 532 g/mol. The van der Waals surface area contributed by atoms with E-state index in [2.05, 4.69) is 4.90 Å². The van der Waals surface area contributed by atoms with Crippen molar-refractivity contribution in [3.8, 4) is 11.5 Å². The fourth-order valence-corrected chi connectivity index (χ4v) is 4.68. The standard InChI is InChI=1S/C25H32FN3O3.C2H2O4/c1-2-32-23-9-5-6-20(24(23)30)18-27-12-10-19(11-13-27)25(31)29-16-14-28(15-17-29)22-8-4-3-7-21(22)26;3-1(4)2(5)6/h3-9,19,30H,2,10-18H2,1H3;(H,3,4)(H,5,6). The maximum atomic E-state index is 14.0. The number of para-hydroxylation sites is 2. The second kappa shape index (κ2) is 13.6. The minimum Gasteiger partial charge on any atom is -0.504 e. The van der Waals surface area contributed by atoms with Crippen LogP contribution in [0.4, 0.5) is 10.1 Å². The van der Waals surface area contributed by atoms with Crippen molar-refractivity contribution in [2.24, 2.45) is 5.92 Å². The van der Waals surface area contributed by atoms with Gasteiger partial charge < -0.3 is 29.9 Å². The Labute approximate surface area is 220 Å². The number of phenolic OH excluding ortho intramolecular Hbond substituents is 1. The number of aliphatic carboxylic acids is 2. The first kappa shape index (κ1) is 28.7. The zero-order chi connectivity index (χ0) is 27.7. The number of rotatable bonds is 6. The molecule has 2 aromatic rings. The molecule has 4 rings (SSSR count). The number of hydrogen-bond acceptors (Lipinski definition) is 7. The number of nitrogens with zero attached hydrogens (tertiary/aromatic N) is 3. The van der Waals surface area contributed by atoms with E-state index in [4.69, 9.17) is 24.5 Å². The van der Waals surface area contributed by atoms with Crippen LogP contribution in [-0.2, 0) is 20.9 Å². The number of aromatic hydroxyl groups is 1. The Morgan fingerprint density at radius 2 is 1.55 bits per heavy atom. The molecule has 2 heterocycles. The lowest BCUT2D eigenvalue weighted by atomic mass is 9.94. The summed E-state index contributed by atoms with van der Waals surface area (Å²) in [5, 5.41) is 25.2. The van der Waals surface area contributed by atoms with Gasteiger partial charge in [0.15, 0.2) is 11.5 Å². The molecule has 0 atom stereocenters. The van der Waals surface area contributed by atoms with E-state index >= 15 is 0 Å². The minimum atomic E-state index is -1.82. The molecule has 2 aromatic carbocycles. The minimum absolute atomic E-state index is 0.0367. The SMILES string of the molecule is CCOc1cccc(CN2CCC(C(=O)N3CCN(c4ccccc4F)CC3)CC2)c1O.O=C(O)C(=O)O. The van der Waals surface area contributed by atoms with Gasteiger partial charge in [0.05, 0.1) is 12.3 Å². The van der Waals surface area contributed by atoms with Crippen molar-refractivity contribution in [3.05, 3.63) is 53.8 Å². The topological polar surface area (TPSA) is 131 Å². The zero-order valence-corrected chi connectivity index (χ0v) is 21.4. The number of halogens is 1. The van der Waals surface area contributed by atoms with E-state index in [-0.39, 0.29) is 23.4 Å². The van der Waals surface area contributed by atoms with Crippen LogP contribution in [0.1, 0.15) is 25.3 Å². The first-order chi connectivity index (χ1) is 18.2. The summed E-state index contributed by atoms with van der Waals surface area (Å²) in [7, 11) is 0. The van der Waals surface area contributed by atoms with E-state index in [0.717, 1.165) is 31.5 Å². The number of benzene rings is 2. The van der Waals surface area contributed by atoms with Crippen LogP contribution in [0.15, 0.2) is 42.5 Å². The van der Waals surface area contributed by atoms with E-state index in [1.807, 2.05) is 34.9 Å². The summed E-state index contributed by atoms with van der Waals surface area (Å²) in [5.41, 5.74) is 1.47. The number of anilines is 1. The van der Waals surface area contributed by atoms with Crippen molar-refractivity contribution in [2.45, 2.75) is 26.3 Å². The number of carboxylic acid groups (broad SMARTS) is 2. The predicted molar refractivity (Wildman–Crippen MR) is 138 cm³/mol. The van der Waals surface area contributed by atoms with Crippen LogP contribution in [0.2, 0.25) is 0 Å². The molecule has 2 fully saturated rings. The molecule has 2 aliphatic heterocycles. The van der Waals surface area contributed by atoms with E-state index in [1.54, 1.807) is 18.2 Å². The van der Waals surface area contributed by atoms with Gasteiger partial charge in [0, 0.05) is 44.2 Å². The molecule has 0 aromatic heterocycles. The molecule has 0 spiro atoms. The van der Waals surface area contributed by atoms with Gasteiger partial charge in [0.25, 0.3) is 0 Å². The quantitative estimate of drug-likeness (QED) is 0.482.